The Hall–Kier alpha value is -2.41. The second kappa shape index (κ2) is 5.76. The van der Waals surface area contributed by atoms with Crippen molar-refractivity contribution in [3.8, 4) is 11.4 Å². The Bertz CT molecular complexity index is 660. The highest BCUT2D eigenvalue weighted by atomic mass is 16.5. The number of aliphatic hydroxyl groups is 1. The average Bonchev–Trinajstić information content (AvgIpc) is 2.95. The lowest BCUT2D eigenvalue weighted by molar-refractivity contribution is 0.00845. The van der Waals surface area contributed by atoms with E-state index in [2.05, 4.69) is 10.3 Å². The third-order valence-corrected chi connectivity index (χ3v) is 3.93. The first-order valence-corrected chi connectivity index (χ1v) is 7.12. The number of carbonyl (C=O) groups is 1. The molecule has 1 saturated heterocycles. The van der Waals surface area contributed by atoms with Gasteiger partial charge in [0, 0.05) is 19.0 Å². The highest BCUT2D eigenvalue weighted by molar-refractivity contribution is 5.92. The largest absolute Gasteiger partial charge is 0.497 e. The molecule has 116 valence electrons. The van der Waals surface area contributed by atoms with Gasteiger partial charge in [0.25, 0.3) is 5.91 Å². The van der Waals surface area contributed by atoms with Gasteiger partial charge in [0.1, 0.15) is 5.75 Å². The SMILES string of the molecule is COc1ccc(-n2cc(C(=O)N3CC(C(C)O)C3)nn2)cc1. The van der Waals surface area contributed by atoms with Gasteiger partial charge in [0.05, 0.1) is 25.1 Å². The summed E-state index contributed by atoms with van der Waals surface area (Å²) in [6.07, 6.45) is 1.22. The maximum Gasteiger partial charge on any atom is 0.276 e. The van der Waals surface area contributed by atoms with Crippen molar-refractivity contribution < 1.29 is 14.6 Å². The molecule has 1 aliphatic rings. The van der Waals surface area contributed by atoms with E-state index in [0.29, 0.717) is 18.8 Å². The molecule has 1 aromatic carbocycles. The Kier molecular flexibility index (Phi) is 3.81. The molecule has 1 aromatic heterocycles. The number of amides is 1. The fourth-order valence-electron chi connectivity index (χ4n) is 2.37. The summed E-state index contributed by atoms with van der Waals surface area (Å²) in [5.74, 6) is 0.752. The number of benzene rings is 1. The summed E-state index contributed by atoms with van der Waals surface area (Å²) in [6.45, 7) is 2.87. The first-order valence-electron chi connectivity index (χ1n) is 7.12. The van der Waals surface area contributed by atoms with Crippen molar-refractivity contribution in [3.05, 3.63) is 36.2 Å². The molecule has 0 radical (unpaired) electrons. The third-order valence-electron chi connectivity index (χ3n) is 3.93. The monoisotopic (exact) mass is 302 g/mol. The summed E-state index contributed by atoms with van der Waals surface area (Å²) in [4.78, 5) is 13.9. The lowest BCUT2D eigenvalue weighted by atomic mass is 9.94. The number of carbonyl (C=O) groups excluding carboxylic acids is 1. The van der Waals surface area contributed by atoms with Crippen molar-refractivity contribution >= 4 is 5.91 Å². The Morgan fingerprint density at radius 2 is 2.05 bits per heavy atom. The quantitative estimate of drug-likeness (QED) is 0.900. The van der Waals surface area contributed by atoms with Crippen LogP contribution in [0.5, 0.6) is 5.75 Å². The van der Waals surface area contributed by atoms with Crippen molar-refractivity contribution in [1.82, 2.24) is 19.9 Å². The molecule has 1 atom stereocenters. The molecule has 1 amide bonds. The minimum absolute atomic E-state index is 0.153. The summed E-state index contributed by atoms with van der Waals surface area (Å²) < 4.78 is 6.66. The summed E-state index contributed by atoms with van der Waals surface area (Å²) in [7, 11) is 1.61. The zero-order valence-electron chi connectivity index (χ0n) is 12.5. The number of hydrogen-bond donors (Lipinski definition) is 1. The van der Waals surface area contributed by atoms with Crippen LogP contribution >= 0.6 is 0 Å². The van der Waals surface area contributed by atoms with Gasteiger partial charge in [-0.15, -0.1) is 5.10 Å². The van der Waals surface area contributed by atoms with E-state index in [1.54, 1.807) is 29.8 Å². The summed E-state index contributed by atoms with van der Waals surface area (Å²) in [5.41, 5.74) is 1.11. The van der Waals surface area contributed by atoms with Crippen LogP contribution in [0, 0.1) is 5.92 Å². The maximum atomic E-state index is 12.2. The van der Waals surface area contributed by atoms with Crippen LogP contribution in [-0.2, 0) is 0 Å². The lowest BCUT2D eigenvalue weighted by Crippen LogP contribution is -2.53. The molecule has 1 fully saturated rings. The summed E-state index contributed by atoms with van der Waals surface area (Å²) in [6, 6.07) is 7.33. The first kappa shape index (κ1) is 14.5. The number of rotatable bonds is 4. The molecule has 0 saturated carbocycles. The van der Waals surface area contributed by atoms with Gasteiger partial charge in [0.15, 0.2) is 5.69 Å². The molecule has 7 nitrogen and oxygen atoms in total. The molecule has 0 bridgehead atoms. The normalized spacial score (nSPS) is 16.2. The Balaban J connectivity index is 1.69. The van der Waals surface area contributed by atoms with Crippen LogP contribution in [0.15, 0.2) is 30.5 Å². The predicted molar refractivity (Wildman–Crippen MR) is 79.0 cm³/mol. The van der Waals surface area contributed by atoms with E-state index in [1.807, 2.05) is 24.3 Å². The molecule has 3 rings (SSSR count). The van der Waals surface area contributed by atoms with Crippen LogP contribution in [0.3, 0.4) is 0 Å². The molecular weight excluding hydrogens is 284 g/mol. The molecule has 0 spiro atoms. The van der Waals surface area contributed by atoms with Gasteiger partial charge in [-0.2, -0.15) is 0 Å². The highest BCUT2D eigenvalue weighted by Crippen LogP contribution is 2.21. The molecule has 7 heteroatoms. The van der Waals surface area contributed by atoms with Gasteiger partial charge >= 0.3 is 0 Å². The number of nitrogens with zero attached hydrogens (tertiary/aromatic N) is 4. The predicted octanol–water partition coefficient (Wildman–Crippen LogP) is 0.729. The first-order chi connectivity index (χ1) is 10.6. The van der Waals surface area contributed by atoms with E-state index in [0.717, 1.165) is 11.4 Å². The summed E-state index contributed by atoms with van der Waals surface area (Å²) >= 11 is 0. The van der Waals surface area contributed by atoms with Gasteiger partial charge in [0.2, 0.25) is 0 Å². The third kappa shape index (κ3) is 2.67. The van der Waals surface area contributed by atoms with Gasteiger partial charge in [-0.05, 0) is 31.2 Å². The van der Waals surface area contributed by atoms with E-state index < -0.39 is 0 Å². The van der Waals surface area contributed by atoms with Crippen molar-refractivity contribution in [2.24, 2.45) is 5.92 Å². The topological polar surface area (TPSA) is 80.5 Å². The van der Waals surface area contributed by atoms with Crippen LogP contribution in [-0.4, -0.2) is 57.2 Å². The van der Waals surface area contributed by atoms with Gasteiger partial charge < -0.3 is 14.7 Å². The molecule has 1 unspecified atom stereocenters. The molecule has 2 heterocycles. The molecule has 22 heavy (non-hydrogen) atoms. The van der Waals surface area contributed by atoms with E-state index >= 15 is 0 Å². The average molecular weight is 302 g/mol. The van der Waals surface area contributed by atoms with Crippen LogP contribution < -0.4 is 4.74 Å². The second-order valence-electron chi connectivity index (χ2n) is 5.46. The zero-order valence-corrected chi connectivity index (χ0v) is 12.5. The number of ether oxygens (including phenoxy) is 1. The molecule has 1 aliphatic heterocycles. The number of hydrogen-bond acceptors (Lipinski definition) is 5. The van der Waals surface area contributed by atoms with Gasteiger partial charge in [-0.25, -0.2) is 4.68 Å². The number of likely N-dealkylation sites (tertiary alicyclic amines) is 1. The fraction of sp³-hybridized carbons (Fsp3) is 0.400. The molecule has 0 aliphatic carbocycles. The van der Waals surface area contributed by atoms with Crippen LogP contribution in [0.1, 0.15) is 17.4 Å². The zero-order chi connectivity index (χ0) is 15.7. The minimum Gasteiger partial charge on any atom is -0.497 e. The molecule has 2 aromatic rings. The van der Waals surface area contributed by atoms with Crippen LogP contribution in [0.2, 0.25) is 0 Å². The number of aromatic nitrogens is 3. The smallest absolute Gasteiger partial charge is 0.276 e. The Labute approximate surface area is 128 Å². The molecule has 1 N–H and O–H groups in total. The summed E-state index contributed by atoms with van der Waals surface area (Å²) in [5, 5.41) is 17.4. The lowest BCUT2D eigenvalue weighted by Gasteiger charge is -2.40. The van der Waals surface area contributed by atoms with E-state index in [1.165, 1.54) is 0 Å². The number of methoxy groups -OCH3 is 1. The number of aliphatic hydroxyl groups excluding tert-OH is 1. The van der Waals surface area contributed by atoms with Crippen molar-refractivity contribution in [1.29, 1.82) is 0 Å². The Morgan fingerprint density at radius 1 is 1.36 bits per heavy atom. The van der Waals surface area contributed by atoms with E-state index in [4.69, 9.17) is 4.74 Å². The van der Waals surface area contributed by atoms with Gasteiger partial charge in [-0.1, -0.05) is 5.21 Å². The van der Waals surface area contributed by atoms with Crippen molar-refractivity contribution in [2.45, 2.75) is 13.0 Å². The second-order valence-corrected chi connectivity index (χ2v) is 5.46. The van der Waals surface area contributed by atoms with Crippen LogP contribution in [0.25, 0.3) is 5.69 Å². The molecular formula is C15H18N4O3. The maximum absolute atomic E-state index is 12.2. The van der Waals surface area contributed by atoms with Crippen LogP contribution in [0.4, 0.5) is 0 Å². The fourth-order valence-corrected chi connectivity index (χ4v) is 2.37. The highest BCUT2D eigenvalue weighted by Gasteiger charge is 2.35. The van der Waals surface area contributed by atoms with Gasteiger partial charge in [-0.3, -0.25) is 4.79 Å². The standard InChI is InChI=1S/C15H18N4O3/c1-10(20)11-7-18(8-11)15(21)14-9-19(17-16-14)12-3-5-13(22-2)6-4-12/h3-6,9-11,20H,7-8H2,1-2H3. The minimum atomic E-state index is -0.390. The Morgan fingerprint density at radius 3 is 2.64 bits per heavy atom. The van der Waals surface area contributed by atoms with E-state index in [9.17, 15) is 9.90 Å². The van der Waals surface area contributed by atoms with E-state index in [-0.39, 0.29) is 17.9 Å². The van der Waals surface area contributed by atoms with Crippen molar-refractivity contribution in [2.75, 3.05) is 20.2 Å². The van der Waals surface area contributed by atoms with Crippen molar-refractivity contribution in [3.63, 3.8) is 0 Å².